The van der Waals surface area contributed by atoms with Crippen molar-refractivity contribution in [3.8, 4) is 0 Å². The summed E-state index contributed by atoms with van der Waals surface area (Å²) >= 11 is 0.993. The van der Waals surface area contributed by atoms with Crippen LogP contribution < -0.4 is 0 Å². The molecule has 1 unspecified atom stereocenters. The lowest BCUT2D eigenvalue weighted by Gasteiger charge is -2.12. The van der Waals surface area contributed by atoms with E-state index in [0.29, 0.717) is 18.7 Å². The second-order valence-corrected chi connectivity index (χ2v) is 5.38. The molecule has 1 aliphatic rings. The summed E-state index contributed by atoms with van der Waals surface area (Å²) in [6, 6.07) is 1.39. The molecule has 1 aromatic rings. The summed E-state index contributed by atoms with van der Waals surface area (Å²) in [6.07, 6.45) is 0.177. The Kier molecular flexibility index (Phi) is 4.33. The molecule has 0 saturated carbocycles. The van der Waals surface area contributed by atoms with Crippen molar-refractivity contribution in [3.05, 3.63) is 27.1 Å². The maximum Gasteiger partial charge on any atom is 0.324 e. The van der Waals surface area contributed by atoms with Gasteiger partial charge in [0.2, 0.25) is 5.91 Å². The molecule has 108 valence electrons. The van der Waals surface area contributed by atoms with E-state index in [9.17, 15) is 19.7 Å². The Balaban J connectivity index is 1.86. The quantitative estimate of drug-likeness (QED) is 0.467. The summed E-state index contributed by atoms with van der Waals surface area (Å²) in [5.74, 6) is -0.903. The Morgan fingerprint density at radius 1 is 1.65 bits per heavy atom. The fourth-order valence-corrected chi connectivity index (χ4v) is 2.76. The number of esters is 1. The van der Waals surface area contributed by atoms with Crippen LogP contribution in [0.3, 0.4) is 0 Å². The molecule has 0 N–H and O–H groups in total. The highest BCUT2D eigenvalue weighted by Crippen LogP contribution is 2.24. The Bertz CT molecular complexity index is 542. The SMILES string of the molecule is CCN1CC(C(=O)OCc2csc([N+](=O)[O-])c2)CC1=O. The van der Waals surface area contributed by atoms with E-state index in [2.05, 4.69) is 0 Å². The maximum absolute atomic E-state index is 11.8. The molecule has 7 nitrogen and oxygen atoms in total. The van der Waals surface area contributed by atoms with Crippen LogP contribution in [0.1, 0.15) is 18.9 Å². The fourth-order valence-electron chi connectivity index (χ4n) is 2.04. The van der Waals surface area contributed by atoms with Crippen LogP contribution >= 0.6 is 11.3 Å². The lowest BCUT2D eigenvalue weighted by molar-refractivity contribution is -0.380. The zero-order valence-electron chi connectivity index (χ0n) is 10.9. The van der Waals surface area contributed by atoms with Crippen molar-refractivity contribution in [2.75, 3.05) is 13.1 Å². The van der Waals surface area contributed by atoms with E-state index < -0.39 is 16.8 Å². The topological polar surface area (TPSA) is 89.8 Å². The highest BCUT2D eigenvalue weighted by atomic mass is 32.1. The molecule has 1 amide bonds. The summed E-state index contributed by atoms with van der Waals surface area (Å²) in [4.78, 5) is 35.0. The minimum atomic E-state index is -0.481. The van der Waals surface area contributed by atoms with Crippen molar-refractivity contribution >= 4 is 28.2 Å². The van der Waals surface area contributed by atoms with Crippen molar-refractivity contribution in [1.29, 1.82) is 0 Å². The summed E-state index contributed by atoms with van der Waals surface area (Å²) in [6.45, 7) is 2.83. The van der Waals surface area contributed by atoms with E-state index in [1.54, 1.807) is 10.3 Å². The number of nitro groups is 1. The number of ether oxygens (including phenoxy) is 1. The third kappa shape index (κ3) is 3.13. The highest BCUT2D eigenvalue weighted by molar-refractivity contribution is 7.13. The van der Waals surface area contributed by atoms with Gasteiger partial charge in [-0.05, 0) is 6.92 Å². The normalized spacial score (nSPS) is 18.4. The number of rotatable bonds is 5. The smallest absolute Gasteiger partial charge is 0.324 e. The van der Waals surface area contributed by atoms with Gasteiger partial charge in [-0.1, -0.05) is 11.3 Å². The van der Waals surface area contributed by atoms with Crippen molar-refractivity contribution in [1.82, 2.24) is 4.90 Å². The molecule has 1 fully saturated rings. The molecule has 2 rings (SSSR count). The van der Waals surface area contributed by atoms with E-state index in [4.69, 9.17) is 4.74 Å². The number of hydrogen-bond donors (Lipinski definition) is 0. The predicted molar refractivity (Wildman–Crippen MR) is 71.1 cm³/mol. The third-order valence-electron chi connectivity index (χ3n) is 3.13. The van der Waals surface area contributed by atoms with Crippen molar-refractivity contribution in [2.24, 2.45) is 5.92 Å². The summed E-state index contributed by atoms with van der Waals surface area (Å²) in [5, 5.41) is 12.1. The predicted octanol–water partition coefficient (Wildman–Crippen LogP) is 1.57. The van der Waals surface area contributed by atoms with Gasteiger partial charge < -0.3 is 9.64 Å². The minimum absolute atomic E-state index is 0.0000111. The molecule has 1 aromatic heterocycles. The van der Waals surface area contributed by atoms with Crippen LogP contribution in [0, 0.1) is 16.0 Å². The number of amides is 1. The summed E-state index contributed by atoms with van der Waals surface area (Å²) in [5.41, 5.74) is 0.590. The molecule has 0 radical (unpaired) electrons. The molecule has 0 aromatic carbocycles. The van der Waals surface area contributed by atoms with Gasteiger partial charge in [-0.2, -0.15) is 0 Å². The monoisotopic (exact) mass is 298 g/mol. The van der Waals surface area contributed by atoms with E-state index in [1.807, 2.05) is 6.92 Å². The second kappa shape index (κ2) is 6.00. The molecular formula is C12H14N2O5S. The van der Waals surface area contributed by atoms with Gasteiger partial charge in [0.15, 0.2) is 0 Å². The van der Waals surface area contributed by atoms with Gasteiger partial charge in [-0.25, -0.2) is 0 Å². The molecule has 2 heterocycles. The highest BCUT2D eigenvalue weighted by Gasteiger charge is 2.34. The molecule has 1 atom stereocenters. The van der Waals surface area contributed by atoms with Gasteiger partial charge in [0, 0.05) is 36.5 Å². The largest absolute Gasteiger partial charge is 0.461 e. The molecular weight excluding hydrogens is 284 g/mol. The first-order valence-corrected chi connectivity index (χ1v) is 7.05. The first-order chi connectivity index (χ1) is 9.51. The van der Waals surface area contributed by atoms with Crippen LogP contribution in [-0.4, -0.2) is 34.8 Å². The molecule has 1 saturated heterocycles. The van der Waals surface area contributed by atoms with Crippen LogP contribution in [-0.2, 0) is 20.9 Å². The van der Waals surface area contributed by atoms with Crippen molar-refractivity contribution in [2.45, 2.75) is 20.0 Å². The molecule has 0 aliphatic carbocycles. The van der Waals surface area contributed by atoms with Crippen molar-refractivity contribution < 1.29 is 19.2 Å². The number of carbonyl (C=O) groups excluding carboxylic acids is 2. The number of nitrogens with zero attached hydrogens (tertiary/aromatic N) is 2. The van der Waals surface area contributed by atoms with Crippen LogP contribution in [0.15, 0.2) is 11.4 Å². The second-order valence-electron chi connectivity index (χ2n) is 4.49. The average Bonchev–Trinajstić information content (AvgIpc) is 3.02. The Hall–Kier alpha value is -1.96. The minimum Gasteiger partial charge on any atom is -0.461 e. The van der Waals surface area contributed by atoms with Crippen LogP contribution in [0.4, 0.5) is 5.00 Å². The Labute approximate surface area is 119 Å². The number of hydrogen-bond acceptors (Lipinski definition) is 6. The number of carbonyl (C=O) groups is 2. The van der Waals surface area contributed by atoms with Crippen LogP contribution in [0.5, 0.6) is 0 Å². The molecule has 20 heavy (non-hydrogen) atoms. The first-order valence-electron chi connectivity index (χ1n) is 6.17. The Morgan fingerprint density at radius 2 is 2.40 bits per heavy atom. The molecule has 0 bridgehead atoms. The van der Waals surface area contributed by atoms with Gasteiger partial charge in [-0.15, -0.1) is 0 Å². The third-order valence-corrected chi connectivity index (χ3v) is 4.06. The summed E-state index contributed by atoms with van der Waals surface area (Å²) < 4.78 is 5.11. The average molecular weight is 298 g/mol. The zero-order chi connectivity index (χ0) is 14.7. The first kappa shape index (κ1) is 14.4. The van der Waals surface area contributed by atoms with E-state index in [-0.39, 0.29) is 23.9 Å². The maximum atomic E-state index is 11.8. The standard InChI is InChI=1S/C12H14N2O5S/c1-2-13-5-9(4-10(13)15)12(16)19-6-8-3-11(14(17)18)20-7-8/h3,7,9H,2,4-6H2,1H3. The van der Waals surface area contributed by atoms with Crippen LogP contribution in [0.25, 0.3) is 0 Å². The molecule has 1 aliphatic heterocycles. The van der Waals surface area contributed by atoms with Crippen molar-refractivity contribution in [3.63, 3.8) is 0 Å². The molecule has 0 spiro atoms. The van der Waals surface area contributed by atoms with Gasteiger partial charge >= 0.3 is 11.0 Å². The number of likely N-dealkylation sites (tertiary alicyclic amines) is 1. The van der Waals surface area contributed by atoms with Crippen LogP contribution in [0.2, 0.25) is 0 Å². The lowest BCUT2D eigenvalue weighted by Crippen LogP contribution is -2.26. The van der Waals surface area contributed by atoms with E-state index in [0.717, 1.165) is 11.3 Å². The van der Waals surface area contributed by atoms with Gasteiger partial charge in [0.05, 0.1) is 10.8 Å². The van der Waals surface area contributed by atoms with Gasteiger partial charge in [0.25, 0.3) is 0 Å². The molecule has 8 heteroatoms. The van der Waals surface area contributed by atoms with Gasteiger partial charge in [0.1, 0.15) is 6.61 Å². The zero-order valence-corrected chi connectivity index (χ0v) is 11.7. The summed E-state index contributed by atoms with van der Waals surface area (Å²) in [7, 11) is 0. The number of thiophene rings is 1. The Morgan fingerprint density at radius 3 is 2.95 bits per heavy atom. The fraction of sp³-hybridized carbons (Fsp3) is 0.500. The van der Waals surface area contributed by atoms with E-state index >= 15 is 0 Å². The lowest BCUT2D eigenvalue weighted by atomic mass is 10.1. The van der Waals surface area contributed by atoms with E-state index in [1.165, 1.54) is 6.07 Å². The van der Waals surface area contributed by atoms with Gasteiger partial charge in [-0.3, -0.25) is 19.7 Å².